The molecule has 2 aromatic carbocycles. The summed E-state index contributed by atoms with van der Waals surface area (Å²) in [5.41, 5.74) is 4.19. The largest absolute Gasteiger partial charge is 0.319 e. The van der Waals surface area contributed by atoms with Crippen molar-refractivity contribution in [1.82, 2.24) is 19.6 Å². The second-order valence-corrected chi connectivity index (χ2v) is 7.46. The molecule has 5 aromatic rings. The molecule has 6 nitrogen and oxygen atoms in total. The molecular weight excluding hydrogens is 471 g/mol. The molecule has 0 unspecified atom stereocenters. The Labute approximate surface area is 197 Å². The number of rotatable bonds is 4. The fraction of sp³-hybridized carbons (Fsp3) is 0. The van der Waals surface area contributed by atoms with Gasteiger partial charge < -0.3 is 5.32 Å². The maximum atomic E-state index is 13.9. The third-order valence-electron chi connectivity index (χ3n) is 5.03. The molecule has 1 amide bonds. The first kappa shape index (κ1) is 22.4. The fourth-order valence-corrected chi connectivity index (χ4v) is 3.68. The van der Waals surface area contributed by atoms with Crippen LogP contribution in [0, 0.1) is 11.6 Å². The zero-order valence-corrected chi connectivity index (χ0v) is 18.3. The summed E-state index contributed by atoms with van der Waals surface area (Å²) in [5.74, 6) is -2.20. The Balaban J connectivity index is 0.00000259. The van der Waals surface area contributed by atoms with E-state index in [0.717, 1.165) is 40.2 Å². The topological polar surface area (TPSA) is 75.1 Å². The first-order valence-electron chi connectivity index (χ1n) is 9.52. The number of hydrogen-bond acceptors (Lipinski definition) is 3. The van der Waals surface area contributed by atoms with Gasteiger partial charge in [0.1, 0.15) is 17.3 Å². The Kier molecular flexibility index (Phi) is 6.13. The van der Waals surface area contributed by atoms with Crippen LogP contribution in [0.4, 0.5) is 14.5 Å². The van der Waals surface area contributed by atoms with Gasteiger partial charge in [-0.25, -0.2) is 13.8 Å². The van der Waals surface area contributed by atoms with Crippen LogP contribution in [0.5, 0.6) is 0 Å². The van der Waals surface area contributed by atoms with Crippen molar-refractivity contribution in [2.75, 3.05) is 5.32 Å². The van der Waals surface area contributed by atoms with E-state index < -0.39 is 17.5 Å². The van der Waals surface area contributed by atoms with Crippen LogP contribution in [-0.2, 0) is 0 Å². The van der Waals surface area contributed by atoms with Crippen molar-refractivity contribution in [3.63, 3.8) is 0 Å². The van der Waals surface area contributed by atoms with E-state index in [-0.39, 0.29) is 28.7 Å². The molecule has 0 fully saturated rings. The number of nitrogens with one attached hydrogen (secondary N) is 2. The number of H-pyrrole nitrogens is 1. The maximum absolute atomic E-state index is 13.9. The van der Waals surface area contributed by atoms with E-state index in [4.69, 9.17) is 11.6 Å². The number of nitrogens with zero attached hydrogens (tertiary/aromatic N) is 3. The molecule has 2 N–H and O–H groups in total. The number of halogens is 4. The van der Waals surface area contributed by atoms with E-state index >= 15 is 0 Å². The Morgan fingerprint density at radius 1 is 1.00 bits per heavy atom. The highest BCUT2D eigenvalue weighted by Gasteiger charge is 2.16. The molecule has 0 radical (unpaired) electrons. The van der Waals surface area contributed by atoms with Gasteiger partial charge in [0.05, 0.1) is 34.4 Å². The van der Waals surface area contributed by atoms with E-state index in [1.54, 1.807) is 36.8 Å². The van der Waals surface area contributed by atoms with E-state index in [1.807, 2.05) is 22.7 Å². The minimum Gasteiger partial charge on any atom is -0.319 e. The number of fused-ring (bicyclic) bond motifs is 1. The predicted octanol–water partition coefficient (Wildman–Crippen LogP) is 6.00. The zero-order chi connectivity index (χ0) is 22.2. The Hall–Kier alpha value is -3.75. The van der Waals surface area contributed by atoms with Crippen molar-refractivity contribution in [3.05, 3.63) is 95.5 Å². The summed E-state index contributed by atoms with van der Waals surface area (Å²) < 4.78 is 28.9. The van der Waals surface area contributed by atoms with E-state index in [1.165, 1.54) is 0 Å². The number of amides is 1. The van der Waals surface area contributed by atoms with Gasteiger partial charge in [-0.15, -0.1) is 12.4 Å². The van der Waals surface area contributed by atoms with Gasteiger partial charge in [-0.2, -0.15) is 5.10 Å². The lowest BCUT2D eigenvalue weighted by molar-refractivity contribution is 0.102. The van der Waals surface area contributed by atoms with Gasteiger partial charge in [0.25, 0.3) is 5.91 Å². The molecule has 0 aliphatic carbocycles. The molecule has 166 valence electrons. The second-order valence-electron chi connectivity index (χ2n) is 7.05. The van der Waals surface area contributed by atoms with Crippen LogP contribution in [0.15, 0.2) is 73.3 Å². The van der Waals surface area contributed by atoms with Crippen LogP contribution in [0.25, 0.3) is 28.0 Å². The summed E-state index contributed by atoms with van der Waals surface area (Å²) in [6, 6.07) is 11.7. The number of pyridine rings is 1. The van der Waals surface area contributed by atoms with Crippen molar-refractivity contribution in [2.24, 2.45) is 0 Å². The SMILES string of the molecule is Cl.O=C(Nc1ccc(F)cc1F)c1ccc(-c2cnc3ccc(-c4cn[nH]c4)cn23)cc1Cl. The normalized spacial score (nSPS) is 10.8. The minimum atomic E-state index is -0.870. The van der Waals surface area contributed by atoms with Gasteiger partial charge in [0.15, 0.2) is 0 Å². The third kappa shape index (κ3) is 4.30. The number of benzene rings is 2. The zero-order valence-electron chi connectivity index (χ0n) is 16.7. The highest BCUT2D eigenvalue weighted by Crippen LogP contribution is 2.29. The standard InChI is InChI=1S/C23H14ClF2N5O.ClH/c24-18-7-13(1-4-17(18)23(32)30-20-5-3-16(25)8-19(20)26)21-11-27-22-6-2-14(12-31(21)22)15-9-28-29-10-15;/h1-12H,(H,28,29)(H,30,32);1H. The Morgan fingerprint density at radius 3 is 2.55 bits per heavy atom. The minimum absolute atomic E-state index is 0. The van der Waals surface area contributed by atoms with Gasteiger partial charge in [-0.3, -0.25) is 14.3 Å². The molecule has 0 spiro atoms. The average molecular weight is 486 g/mol. The maximum Gasteiger partial charge on any atom is 0.257 e. The summed E-state index contributed by atoms with van der Waals surface area (Å²) in [6.07, 6.45) is 7.18. The van der Waals surface area contributed by atoms with Gasteiger partial charge in [0, 0.05) is 35.2 Å². The Morgan fingerprint density at radius 2 is 1.82 bits per heavy atom. The predicted molar refractivity (Wildman–Crippen MR) is 125 cm³/mol. The van der Waals surface area contributed by atoms with Crippen molar-refractivity contribution < 1.29 is 13.6 Å². The first-order valence-corrected chi connectivity index (χ1v) is 9.90. The molecule has 0 aliphatic heterocycles. The highest BCUT2D eigenvalue weighted by molar-refractivity contribution is 6.34. The molecule has 33 heavy (non-hydrogen) atoms. The van der Waals surface area contributed by atoms with Gasteiger partial charge in [0.2, 0.25) is 0 Å². The highest BCUT2D eigenvalue weighted by atomic mass is 35.5. The molecule has 0 atom stereocenters. The van der Waals surface area contributed by atoms with Crippen LogP contribution in [-0.4, -0.2) is 25.5 Å². The van der Waals surface area contributed by atoms with Crippen molar-refractivity contribution in [1.29, 1.82) is 0 Å². The number of aromatic amines is 1. The van der Waals surface area contributed by atoms with Crippen LogP contribution < -0.4 is 5.32 Å². The number of carbonyl (C=O) groups is 1. The lowest BCUT2D eigenvalue weighted by atomic mass is 10.1. The van der Waals surface area contributed by atoms with E-state index in [9.17, 15) is 13.6 Å². The van der Waals surface area contributed by atoms with Gasteiger partial charge in [-0.05, 0) is 36.4 Å². The summed E-state index contributed by atoms with van der Waals surface area (Å²) >= 11 is 6.38. The van der Waals surface area contributed by atoms with E-state index in [2.05, 4.69) is 20.5 Å². The molecule has 0 saturated carbocycles. The quantitative estimate of drug-likeness (QED) is 0.328. The lowest BCUT2D eigenvalue weighted by Gasteiger charge is -2.10. The van der Waals surface area contributed by atoms with Gasteiger partial charge >= 0.3 is 0 Å². The summed E-state index contributed by atoms with van der Waals surface area (Å²) in [7, 11) is 0. The van der Waals surface area contributed by atoms with Crippen LogP contribution in [0.1, 0.15) is 10.4 Å². The Bertz CT molecular complexity index is 1470. The first-order chi connectivity index (χ1) is 15.5. The lowest BCUT2D eigenvalue weighted by Crippen LogP contribution is -2.13. The molecule has 0 aliphatic rings. The van der Waals surface area contributed by atoms with Crippen molar-refractivity contribution in [3.8, 4) is 22.4 Å². The smallest absolute Gasteiger partial charge is 0.257 e. The summed E-state index contributed by atoms with van der Waals surface area (Å²) in [5, 5.41) is 9.36. The monoisotopic (exact) mass is 485 g/mol. The molecule has 0 bridgehead atoms. The van der Waals surface area contributed by atoms with Crippen molar-refractivity contribution >= 4 is 41.2 Å². The molecule has 3 aromatic heterocycles. The van der Waals surface area contributed by atoms with Gasteiger partial charge in [-0.1, -0.05) is 17.7 Å². The number of anilines is 1. The fourth-order valence-electron chi connectivity index (χ4n) is 3.41. The second kappa shape index (κ2) is 9.01. The number of carbonyl (C=O) groups excluding carboxylic acids is 1. The molecule has 0 saturated heterocycles. The summed E-state index contributed by atoms with van der Waals surface area (Å²) in [6.45, 7) is 0. The summed E-state index contributed by atoms with van der Waals surface area (Å²) in [4.78, 5) is 17.0. The van der Waals surface area contributed by atoms with Crippen LogP contribution in [0.2, 0.25) is 5.02 Å². The molecule has 5 rings (SSSR count). The number of imidazole rings is 1. The molecule has 10 heteroatoms. The van der Waals surface area contributed by atoms with E-state index in [0.29, 0.717) is 6.07 Å². The number of hydrogen-bond donors (Lipinski definition) is 2. The average Bonchev–Trinajstić information content (AvgIpc) is 3.45. The molecular formula is C23H15Cl2F2N5O. The van der Waals surface area contributed by atoms with Crippen LogP contribution >= 0.6 is 24.0 Å². The molecule has 3 heterocycles. The number of aromatic nitrogens is 4. The van der Waals surface area contributed by atoms with Crippen LogP contribution in [0.3, 0.4) is 0 Å². The third-order valence-corrected chi connectivity index (χ3v) is 5.34. The van der Waals surface area contributed by atoms with Crippen molar-refractivity contribution in [2.45, 2.75) is 0 Å².